The molecule has 0 saturated heterocycles. The first kappa shape index (κ1) is 17.1. The van der Waals surface area contributed by atoms with Crippen molar-refractivity contribution in [2.24, 2.45) is 0 Å². The summed E-state index contributed by atoms with van der Waals surface area (Å²) in [7, 11) is 0. The highest BCUT2D eigenvalue weighted by Crippen LogP contribution is 2.35. The molecule has 6 heteroatoms. The number of benzene rings is 1. The average molecular weight is 342 g/mol. The third kappa shape index (κ3) is 3.52. The lowest BCUT2D eigenvalue weighted by Gasteiger charge is -2.33. The summed E-state index contributed by atoms with van der Waals surface area (Å²) in [5, 5.41) is 0. The van der Waals surface area contributed by atoms with Gasteiger partial charge < -0.3 is 14.5 Å². The third-order valence-electron chi connectivity index (χ3n) is 4.05. The number of nitrogens with zero attached hydrogens (tertiary/aromatic N) is 1. The molecule has 1 aromatic heterocycles. The maximum absolute atomic E-state index is 12.6. The second kappa shape index (κ2) is 7.01. The Morgan fingerprint density at radius 2 is 2.08 bits per heavy atom. The van der Waals surface area contributed by atoms with Gasteiger partial charge in [0.25, 0.3) is 5.91 Å². The van der Waals surface area contributed by atoms with Crippen LogP contribution in [0, 0.1) is 6.92 Å². The second-order valence-electron chi connectivity index (χ2n) is 6.19. The highest BCUT2D eigenvalue weighted by Gasteiger charge is 2.31. The number of aromatic nitrogens is 1. The third-order valence-corrected chi connectivity index (χ3v) is 4.05. The quantitative estimate of drug-likeness (QED) is 0.907. The molecule has 0 saturated carbocycles. The molecule has 2 heterocycles. The van der Waals surface area contributed by atoms with Gasteiger partial charge in [0.05, 0.1) is 18.8 Å². The number of amides is 1. The molecule has 1 N–H and O–H groups in total. The van der Waals surface area contributed by atoms with Crippen LogP contribution in [0.15, 0.2) is 35.3 Å². The Morgan fingerprint density at radius 1 is 1.28 bits per heavy atom. The summed E-state index contributed by atoms with van der Waals surface area (Å²) in [6, 6.07) is 7.19. The van der Waals surface area contributed by atoms with Gasteiger partial charge in [0.2, 0.25) is 5.43 Å². The number of pyridine rings is 1. The largest absolute Gasteiger partial charge is 0.488 e. The van der Waals surface area contributed by atoms with E-state index in [4.69, 9.17) is 9.47 Å². The minimum absolute atomic E-state index is 0.136. The second-order valence-corrected chi connectivity index (χ2v) is 6.19. The van der Waals surface area contributed by atoms with Gasteiger partial charge in [-0.25, -0.2) is 0 Å². The molecule has 0 radical (unpaired) electrons. The van der Waals surface area contributed by atoms with Gasteiger partial charge in [0.15, 0.2) is 11.9 Å². The zero-order chi connectivity index (χ0) is 18.0. The van der Waals surface area contributed by atoms with E-state index in [1.54, 1.807) is 18.0 Å². The Labute approximate surface area is 146 Å². The van der Waals surface area contributed by atoms with E-state index in [9.17, 15) is 9.59 Å². The van der Waals surface area contributed by atoms with Crippen molar-refractivity contribution in [2.75, 3.05) is 11.5 Å². The fourth-order valence-corrected chi connectivity index (χ4v) is 2.77. The van der Waals surface area contributed by atoms with E-state index in [0.717, 1.165) is 12.0 Å². The number of nitrogens with one attached hydrogen (secondary N) is 1. The summed E-state index contributed by atoms with van der Waals surface area (Å²) in [5.74, 6) is 0.837. The Balaban J connectivity index is 1.88. The lowest BCUT2D eigenvalue weighted by molar-refractivity contribution is -0.125. The number of rotatable bonds is 5. The van der Waals surface area contributed by atoms with Gasteiger partial charge in [0, 0.05) is 18.0 Å². The Morgan fingerprint density at radius 3 is 2.80 bits per heavy atom. The molecule has 1 aromatic carbocycles. The molecular weight excluding hydrogens is 320 g/mol. The molecule has 25 heavy (non-hydrogen) atoms. The molecule has 1 aliphatic heterocycles. The summed E-state index contributed by atoms with van der Waals surface area (Å²) < 4.78 is 11.1. The highest BCUT2D eigenvalue weighted by molar-refractivity contribution is 5.99. The number of hydrogen-bond donors (Lipinski definition) is 1. The van der Waals surface area contributed by atoms with Crippen molar-refractivity contribution in [1.82, 2.24) is 4.98 Å². The van der Waals surface area contributed by atoms with Crippen LogP contribution < -0.4 is 19.8 Å². The zero-order valence-corrected chi connectivity index (χ0v) is 14.7. The molecule has 1 unspecified atom stereocenters. The zero-order valence-electron chi connectivity index (χ0n) is 14.7. The van der Waals surface area contributed by atoms with E-state index < -0.39 is 6.10 Å². The molecule has 3 rings (SSSR count). The van der Waals surface area contributed by atoms with Crippen molar-refractivity contribution in [3.05, 3.63) is 51.9 Å². The van der Waals surface area contributed by atoms with Crippen molar-refractivity contribution < 1.29 is 14.3 Å². The summed E-state index contributed by atoms with van der Waals surface area (Å²) in [6.07, 6.45) is 1.82. The van der Waals surface area contributed by atoms with Crippen LogP contribution in [0.2, 0.25) is 0 Å². The van der Waals surface area contributed by atoms with Crippen LogP contribution in [0.3, 0.4) is 0 Å². The van der Waals surface area contributed by atoms with Crippen LogP contribution >= 0.6 is 0 Å². The van der Waals surface area contributed by atoms with Crippen molar-refractivity contribution in [2.45, 2.75) is 39.8 Å². The van der Waals surface area contributed by atoms with E-state index >= 15 is 0 Å². The molecule has 1 atom stereocenters. The minimum atomic E-state index is -0.562. The number of carbonyl (C=O) groups excluding carboxylic acids is 1. The number of aryl methyl sites for hydroxylation is 1. The van der Waals surface area contributed by atoms with Crippen LogP contribution in [0.25, 0.3) is 0 Å². The molecule has 0 fully saturated rings. The van der Waals surface area contributed by atoms with Crippen LogP contribution in [-0.2, 0) is 11.3 Å². The minimum Gasteiger partial charge on any atom is -0.488 e. The van der Waals surface area contributed by atoms with Crippen LogP contribution in [0.4, 0.5) is 5.69 Å². The van der Waals surface area contributed by atoms with Gasteiger partial charge >= 0.3 is 0 Å². The predicted octanol–water partition coefficient (Wildman–Crippen LogP) is 2.79. The maximum Gasteiger partial charge on any atom is 0.268 e. The van der Waals surface area contributed by atoms with E-state index in [1.165, 1.54) is 6.07 Å². The highest BCUT2D eigenvalue weighted by atomic mass is 16.5. The molecule has 2 aromatic rings. The summed E-state index contributed by atoms with van der Waals surface area (Å²) in [4.78, 5) is 29.4. The first-order valence-electron chi connectivity index (χ1n) is 8.42. The first-order chi connectivity index (χ1) is 12.0. The first-order valence-corrected chi connectivity index (χ1v) is 8.42. The topological polar surface area (TPSA) is 71.6 Å². The number of fused-ring (bicyclic) bond motifs is 1. The molecular formula is C19H22N2O4. The molecule has 0 bridgehead atoms. The molecule has 0 aliphatic carbocycles. The fraction of sp³-hybridized carbons (Fsp3) is 0.368. The van der Waals surface area contributed by atoms with Crippen molar-refractivity contribution in [1.29, 1.82) is 0 Å². The standard InChI is InChI=1S/C19H22N2O4/c1-4-7-24-18-10-20-14(9-16(18)22)11-21-15-6-5-12(2)8-17(15)25-13(3)19(21)23/h5-6,8-10,13H,4,7,11H2,1-3H3,(H,20,22). The van der Waals surface area contributed by atoms with Gasteiger partial charge in [-0.15, -0.1) is 0 Å². The number of hydrogen-bond acceptors (Lipinski definition) is 4. The Hall–Kier alpha value is -2.76. The van der Waals surface area contributed by atoms with Gasteiger partial charge in [-0.3, -0.25) is 14.5 Å². The monoisotopic (exact) mass is 342 g/mol. The van der Waals surface area contributed by atoms with Gasteiger partial charge in [0.1, 0.15) is 5.75 Å². The predicted molar refractivity (Wildman–Crippen MR) is 95.3 cm³/mol. The van der Waals surface area contributed by atoms with E-state index in [1.807, 2.05) is 32.0 Å². The van der Waals surface area contributed by atoms with Crippen LogP contribution in [0.1, 0.15) is 31.5 Å². The molecule has 1 amide bonds. The average Bonchev–Trinajstić information content (AvgIpc) is 2.58. The molecule has 132 valence electrons. The fourth-order valence-electron chi connectivity index (χ4n) is 2.77. The number of ether oxygens (including phenoxy) is 2. The molecule has 6 nitrogen and oxygen atoms in total. The molecule has 0 spiro atoms. The van der Waals surface area contributed by atoms with E-state index in [0.29, 0.717) is 29.5 Å². The van der Waals surface area contributed by atoms with E-state index in [-0.39, 0.29) is 17.9 Å². The van der Waals surface area contributed by atoms with Gasteiger partial charge in [-0.1, -0.05) is 13.0 Å². The summed E-state index contributed by atoms with van der Waals surface area (Å²) in [6.45, 7) is 6.44. The van der Waals surface area contributed by atoms with Crippen LogP contribution in [-0.4, -0.2) is 23.6 Å². The van der Waals surface area contributed by atoms with Crippen molar-refractivity contribution >= 4 is 11.6 Å². The van der Waals surface area contributed by atoms with Gasteiger partial charge in [-0.05, 0) is 38.0 Å². The SMILES string of the molecule is CCCOc1c[nH]c(CN2C(=O)C(C)Oc3cc(C)ccc32)cc1=O. The number of aromatic amines is 1. The van der Waals surface area contributed by atoms with Crippen molar-refractivity contribution in [3.8, 4) is 11.5 Å². The summed E-state index contributed by atoms with van der Waals surface area (Å²) >= 11 is 0. The van der Waals surface area contributed by atoms with Crippen molar-refractivity contribution in [3.63, 3.8) is 0 Å². The van der Waals surface area contributed by atoms with Gasteiger partial charge in [-0.2, -0.15) is 0 Å². The number of carbonyl (C=O) groups is 1. The molecule has 1 aliphatic rings. The maximum atomic E-state index is 12.6. The smallest absolute Gasteiger partial charge is 0.268 e. The Kier molecular flexibility index (Phi) is 4.79. The normalized spacial score (nSPS) is 16.4. The Bertz CT molecular complexity index is 844. The number of anilines is 1. The summed E-state index contributed by atoms with van der Waals surface area (Å²) in [5.41, 5.74) is 2.22. The lowest BCUT2D eigenvalue weighted by atomic mass is 10.1. The van der Waals surface area contributed by atoms with E-state index in [2.05, 4.69) is 4.98 Å². The number of H-pyrrole nitrogens is 1. The lowest BCUT2D eigenvalue weighted by Crippen LogP contribution is -2.44. The van der Waals surface area contributed by atoms with Crippen LogP contribution in [0.5, 0.6) is 11.5 Å².